The number of nitrogens with two attached hydrogens (primary N) is 1. The second-order valence-corrected chi connectivity index (χ2v) is 4.71. The molecule has 5 nitrogen and oxygen atoms in total. The summed E-state index contributed by atoms with van der Waals surface area (Å²) in [5, 5.41) is 21.0. The van der Waals surface area contributed by atoms with Crippen LogP contribution in [0.25, 0.3) is 0 Å². The number of thioether (sulfide) groups is 1. The first kappa shape index (κ1) is 9.78. The predicted octanol–water partition coefficient (Wildman–Crippen LogP) is 0.681. The molecule has 0 amide bonds. The number of nitrogens with zero attached hydrogens (tertiary/aromatic N) is 2. The van der Waals surface area contributed by atoms with Crippen molar-refractivity contribution in [3.63, 3.8) is 0 Å². The Kier molecular flexibility index (Phi) is 3.79. The molecule has 0 spiro atoms. The van der Waals surface area contributed by atoms with E-state index in [-0.39, 0.29) is 5.75 Å². The highest BCUT2D eigenvalue weighted by atomic mass is 32.2. The first-order valence-corrected chi connectivity index (χ1v) is 5.45. The van der Waals surface area contributed by atoms with Crippen molar-refractivity contribution >= 4 is 41.0 Å². The van der Waals surface area contributed by atoms with E-state index in [4.69, 9.17) is 10.2 Å². The molecule has 0 radical (unpaired) electrons. The van der Waals surface area contributed by atoms with Crippen LogP contribution in [0.1, 0.15) is 0 Å². The first-order chi connectivity index (χ1) is 5.72. The largest absolute Gasteiger partial charge is 0.481 e. The second kappa shape index (κ2) is 4.65. The molecule has 0 atom stereocenters. The Hall–Kier alpha value is -0.310. The van der Waals surface area contributed by atoms with Crippen molar-refractivity contribution in [3.8, 4) is 0 Å². The van der Waals surface area contributed by atoms with Gasteiger partial charge in [0.2, 0.25) is 0 Å². The van der Waals surface area contributed by atoms with E-state index in [2.05, 4.69) is 10.2 Å². The molecular weight excluding hydrogens is 218 g/mol. The molecule has 0 fully saturated rings. The Labute approximate surface area is 80.9 Å². The van der Waals surface area contributed by atoms with Crippen LogP contribution in [0, 0.1) is 0 Å². The summed E-state index contributed by atoms with van der Waals surface area (Å²) in [6.07, 6.45) is 0. The Morgan fingerprint density at radius 2 is 2.25 bits per heavy atom. The van der Waals surface area contributed by atoms with E-state index in [1.165, 1.54) is 11.3 Å². The predicted molar refractivity (Wildman–Crippen MR) is 48.3 cm³/mol. The van der Waals surface area contributed by atoms with Crippen molar-refractivity contribution in [2.75, 3.05) is 5.75 Å². The molecule has 66 valence electrons. The summed E-state index contributed by atoms with van der Waals surface area (Å²) in [6, 6.07) is 0. The van der Waals surface area contributed by atoms with Crippen LogP contribution in [-0.2, 0) is 4.79 Å². The molecule has 0 aliphatic heterocycles. The van der Waals surface area contributed by atoms with Gasteiger partial charge < -0.3 is 5.11 Å². The molecule has 12 heavy (non-hydrogen) atoms. The van der Waals surface area contributed by atoms with Crippen molar-refractivity contribution in [1.29, 1.82) is 0 Å². The lowest BCUT2D eigenvalue weighted by Gasteiger charge is -1.87. The quantitative estimate of drug-likeness (QED) is 0.573. The summed E-state index contributed by atoms with van der Waals surface area (Å²) in [5.74, 6) is -0.860. The zero-order valence-electron chi connectivity index (χ0n) is 5.76. The van der Waals surface area contributed by atoms with Crippen molar-refractivity contribution in [2.45, 2.75) is 8.68 Å². The third-order valence-corrected chi connectivity index (χ3v) is 3.47. The minimum Gasteiger partial charge on any atom is -0.481 e. The van der Waals surface area contributed by atoms with Gasteiger partial charge in [0.25, 0.3) is 0 Å². The molecule has 0 bridgehead atoms. The monoisotopic (exact) mass is 223 g/mol. The highest BCUT2D eigenvalue weighted by molar-refractivity contribution is 8.02. The van der Waals surface area contributed by atoms with Gasteiger partial charge in [-0.1, -0.05) is 23.1 Å². The first-order valence-electron chi connectivity index (χ1n) is 2.77. The van der Waals surface area contributed by atoms with E-state index >= 15 is 0 Å². The minimum absolute atomic E-state index is 0.00384. The Morgan fingerprint density at radius 1 is 1.58 bits per heavy atom. The third-order valence-electron chi connectivity index (χ3n) is 0.808. The molecule has 1 aromatic heterocycles. The minimum atomic E-state index is -0.864. The van der Waals surface area contributed by atoms with E-state index in [0.717, 1.165) is 23.7 Å². The van der Waals surface area contributed by atoms with Gasteiger partial charge in [-0.15, -0.1) is 10.2 Å². The van der Waals surface area contributed by atoms with Crippen LogP contribution in [0.3, 0.4) is 0 Å². The summed E-state index contributed by atoms with van der Waals surface area (Å²) in [6.45, 7) is 0. The van der Waals surface area contributed by atoms with Crippen molar-refractivity contribution in [1.82, 2.24) is 10.2 Å². The standard InChI is InChI=1S/C4H5N3O2S3/c5-12-4-7-6-3(11-4)10-1-2(8)9/h1,5H2,(H,8,9). The summed E-state index contributed by atoms with van der Waals surface area (Å²) in [5.41, 5.74) is 0. The number of hydrogen-bond donors (Lipinski definition) is 2. The molecule has 0 aliphatic carbocycles. The van der Waals surface area contributed by atoms with E-state index in [1.54, 1.807) is 0 Å². The van der Waals surface area contributed by atoms with Gasteiger partial charge >= 0.3 is 5.97 Å². The molecule has 3 N–H and O–H groups in total. The van der Waals surface area contributed by atoms with E-state index < -0.39 is 5.97 Å². The topological polar surface area (TPSA) is 89.1 Å². The van der Waals surface area contributed by atoms with Gasteiger partial charge in [-0.3, -0.25) is 9.93 Å². The number of aromatic nitrogens is 2. The zero-order valence-corrected chi connectivity index (χ0v) is 8.21. The van der Waals surface area contributed by atoms with Gasteiger partial charge in [0.15, 0.2) is 8.68 Å². The maximum Gasteiger partial charge on any atom is 0.313 e. The number of carboxylic acids is 1. The van der Waals surface area contributed by atoms with Crippen LogP contribution in [0.5, 0.6) is 0 Å². The van der Waals surface area contributed by atoms with Gasteiger partial charge in [0.1, 0.15) is 0 Å². The summed E-state index contributed by atoms with van der Waals surface area (Å²) >= 11 is 3.44. The number of hydrogen-bond acceptors (Lipinski definition) is 7. The van der Waals surface area contributed by atoms with Crippen molar-refractivity contribution in [2.24, 2.45) is 5.14 Å². The molecule has 0 unspecified atom stereocenters. The summed E-state index contributed by atoms with van der Waals surface area (Å²) in [7, 11) is 0. The highest BCUT2D eigenvalue weighted by Crippen LogP contribution is 2.25. The molecule has 1 rings (SSSR count). The smallest absolute Gasteiger partial charge is 0.313 e. The Morgan fingerprint density at radius 3 is 2.75 bits per heavy atom. The molecule has 0 aromatic carbocycles. The average Bonchev–Trinajstić information content (AvgIpc) is 2.48. The van der Waals surface area contributed by atoms with Gasteiger partial charge in [-0.2, -0.15) is 0 Å². The van der Waals surface area contributed by atoms with E-state index in [1.807, 2.05) is 0 Å². The van der Waals surface area contributed by atoms with Gasteiger partial charge in [0.05, 0.1) is 5.75 Å². The number of carboxylic acid groups (broad SMARTS) is 1. The maximum absolute atomic E-state index is 10.2. The Balaban J connectivity index is 2.47. The SMILES string of the molecule is NSc1nnc(SCC(=O)O)s1. The molecule has 0 saturated heterocycles. The normalized spacial score (nSPS) is 10.1. The van der Waals surface area contributed by atoms with Crippen LogP contribution in [0.4, 0.5) is 0 Å². The van der Waals surface area contributed by atoms with Crippen LogP contribution >= 0.6 is 35.0 Å². The van der Waals surface area contributed by atoms with Crippen molar-refractivity contribution in [3.05, 3.63) is 0 Å². The average molecular weight is 223 g/mol. The molecule has 0 saturated carbocycles. The molecule has 1 aromatic rings. The molecular formula is C4H5N3O2S3. The highest BCUT2D eigenvalue weighted by Gasteiger charge is 2.05. The molecule has 0 aliphatic rings. The number of aliphatic carboxylic acids is 1. The fourth-order valence-corrected chi connectivity index (χ4v) is 2.41. The van der Waals surface area contributed by atoms with Crippen LogP contribution in [0.15, 0.2) is 8.68 Å². The number of carbonyl (C=O) groups is 1. The van der Waals surface area contributed by atoms with Crippen molar-refractivity contribution < 1.29 is 9.90 Å². The number of rotatable bonds is 4. The fourth-order valence-electron chi connectivity index (χ4n) is 0.427. The summed E-state index contributed by atoms with van der Waals surface area (Å²) in [4.78, 5) is 10.2. The molecule has 8 heteroatoms. The summed E-state index contributed by atoms with van der Waals surface area (Å²) < 4.78 is 1.27. The Bertz CT molecular complexity index is 276. The lowest BCUT2D eigenvalue weighted by atomic mass is 10.8. The third kappa shape index (κ3) is 2.97. The van der Waals surface area contributed by atoms with Gasteiger partial charge in [-0.25, -0.2) is 0 Å². The van der Waals surface area contributed by atoms with Gasteiger partial charge in [-0.05, 0) is 11.9 Å². The van der Waals surface area contributed by atoms with Gasteiger partial charge in [0, 0.05) is 0 Å². The van der Waals surface area contributed by atoms with Crippen LogP contribution in [0.2, 0.25) is 0 Å². The van der Waals surface area contributed by atoms with E-state index in [9.17, 15) is 4.79 Å². The van der Waals surface area contributed by atoms with Crippen LogP contribution < -0.4 is 5.14 Å². The second-order valence-electron chi connectivity index (χ2n) is 1.63. The van der Waals surface area contributed by atoms with Crippen LogP contribution in [-0.4, -0.2) is 27.0 Å². The molecule has 1 heterocycles. The maximum atomic E-state index is 10.2. The lowest BCUT2D eigenvalue weighted by molar-refractivity contribution is -0.133. The zero-order chi connectivity index (χ0) is 8.97. The van der Waals surface area contributed by atoms with E-state index in [0.29, 0.717) is 8.68 Å². The lowest BCUT2D eigenvalue weighted by Crippen LogP contribution is -1.96. The fraction of sp³-hybridized carbons (Fsp3) is 0.250.